The second-order valence-corrected chi connectivity index (χ2v) is 8.89. The number of pyridine rings is 1. The first kappa shape index (κ1) is 19.1. The predicted octanol–water partition coefficient (Wildman–Crippen LogP) is 3.23. The minimum Gasteiger partial charge on any atom is -0.356 e. The Morgan fingerprint density at radius 3 is 2.89 bits per heavy atom. The average molecular weight is 398 g/mol. The number of rotatable bonds is 5. The largest absolute Gasteiger partial charge is 0.356 e. The van der Waals surface area contributed by atoms with Gasteiger partial charge in [0.2, 0.25) is 5.91 Å². The molecule has 2 aliphatic rings. The van der Waals surface area contributed by atoms with Crippen LogP contribution in [0.3, 0.4) is 0 Å². The van der Waals surface area contributed by atoms with E-state index in [9.17, 15) is 9.59 Å². The van der Waals surface area contributed by atoms with E-state index in [1.165, 1.54) is 16.9 Å². The average Bonchev–Trinajstić information content (AvgIpc) is 3.18. The van der Waals surface area contributed by atoms with E-state index in [1.54, 1.807) is 17.5 Å². The normalized spacial score (nSPS) is 19.1. The van der Waals surface area contributed by atoms with Crippen LogP contribution in [0.4, 0.5) is 0 Å². The van der Waals surface area contributed by atoms with Gasteiger partial charge in [0.05, 0.1) is 4.88 Å². The van der Waals surface area contributed by atoms with Crippen molar-refractivity contribution in [3.05, 3.63) is 51.5 Å². The van der Waals surface area contributed by atoms with Crippen LogP contribution in [0.2, 0.25) is 0 Å². The van der Waals surface area contributed by atoms with Gasteiger partial charge in [0.25, 0.3) is 5.91 Å². The van der Waals surface area contributed by atoms with Crippen LogP contribution in [-0.2, 0) is 24.1 Å². The molecule has 0 spiro atoms. The van der Waals surface area contributed by atoms with Crippen LogP contribution in [0.25, 0.3) is 0 Å². The molecule has 5 nitrogen and oxygen atoms in total. The van der Waals surface area contributed by atoms with Crippen LogP contribution >= 0.6 is 11.3 Å². The molecule has 2 amide bonds. The number of fused-ring (bicyclic) bond motifs is 1. The van der Waals surface area contributed by atoms with Gasteiger partial charge in [-0.15, -0.1) is 11.3 Å². The zero-order valence-corrected chi connectivity index (χ0v) is 17.0. The first-order chi connectivity index (χ1) is 13.7. The summed E-state index contributed by atoms with van der Waals surface area (Å²) in [7, 11) is 0. The first-order valence-corrected chi connectivity index (χ1v) is 11.1. The molecule has 0 aromatic carbocycles. The number of likely N-dealkylation sites (tertiary alicyclic amines) is 1. The van der Waals surface area contributed by atoms with Crippen LogP contribution in [-0.4, -0.2) is 41.3 Å². The van der Waals surface area contributed by atoms with Crippen molar-refractivity contribution in [3.63, 3.8) is 0 Å². The molecule has 1 saturated heterocycles. The lowest BCUT2D eigenvalue weighted by Gasteiger charge is -2.26. The topological polar surface area (TPSA) is 62.3 Å². The molecule has 1 unspecified atom stereocenters. The van der Waals surface area contributed by atoms with Crippen molar-refractivity contribution in [1.82, 2.24) is 15.2 Å². The van der Waals surface area contributed by atoms with Crippen LogP contribution in [0, 0.1) is 5.92 Å². The zero-order valence-electron chi connectivity index (χ0n) is 16.2. The third-order valence-electron chi connectivity index (χ3n) is 5.74. The highest BCUT2D eigenvalue weighted by atomic mass is 32.1. The van der Waals surface area contributed by atoms with E-state index in [0.29, 0.717) is 6.54 Å². The fraction of sp³-hybridized carbons (Fsp3) is 0.500. The molecular weight excluding hydrogens is 370 g/mol. The number of nitrogens with one attached hydrogen (secondary N) is 1. The standard InChI is InChI=1S/C22H27N3O2S/c26-21(24-10-8-16-5-4-9-23-15-16)17-6-7-19-18(13-17)14-20(28-19)22(27)25-11-2-1-3-12-25/h4-5,9,14-15,17H,1-3,6-8,10-13H2,(H,24,26). The lowest BCUT2D eigenvalue weighted by atomic mass is 9.87. The molecule has 1 N–H and O–H groups in total. The molecule has 1 aliphatic heterocycles. The van der Waals surface area contributed by atoms with Crippen LogP contribution < -0.4 is 5.32 Å². The second-order valence-electron chi connectivity index (χ2n) is 7.75. The van der Waals surface area contributed by atoms with E-state index >= 15 is 0 Å². The maximum absolute atomic E-state index is 12.8. The number of aryl methyl sites for hydroxylation is 1. The van der Waals surface area contributed by atoms with E-state index in [4.69, 9.17) is 0 Å². The maximum Gasteiger partial charge on any atom is 0.263 e. The molecule has 0 saturated carbocycles. The molecule has 28 heavy (non-hydrogen) atoms. The third kappa shape index (κ3) is 4.43. The number of amides is 2. The minimum atomic E-state index is 0.00828. The van der Waals surface area contributed by atoms with Crippen molar-refractivity contribution >= 4 is 23.2 Å². The Morgan fingerprint density at radius 2 is 2.11 bits per heavy atom. The Labute approximate surface area is 170 Å². The monoisotopic (exact) mass is 397 g/mol. The number of carbonyl (C=O) groups is 2. The number of thiophene rings is 1. The van der Waals surface area contributed by atoms with E-state index in [0.717, 1.165) is 62.1 Å². The lowest BCUT2D eigenvalue weighted by molar-refractivity contribution is -0.125. The quantitative estimate of drug-likeness (QED) is 0.843. The van der Waals surface area contributed by atoms with Crippen molar-refractivity contribution in [2.45, 2.75) is 44.9 Å². The van der Waals surface area contributed by atoms with Crippen molar-refractivity contribution in [1.29, 1.82) is 0 Å². The highest BCUT2D eigenvalue weighted by molar-refractivity contribution is 7.14. The Bertz CT molecular complexity index is 828. The molecule has 0 radical (unpaired) electrons. The Balaban J connectivity index is 1.32. The molecule has 3 heterocycles. The summed E-state index contributed by atoms with van der Waals surface area (Å²) in [6.45, 7) is 2.39. The number of piperidine rings is 1. The minimum absolute atomic E-state index is 0.00828. The number of nitrogens with zero attached hydrogens (tertiary/aromatic N) is 2. The van der Waals surface area contributed by atoms with Gasteiger partial charge in [-0.1, -0.05) is 6.07 Å². The molecule has 2 aromatic rings. The summed E-state index contributed by atoms with van der Waals surface area (Å²) in [5, 5.41) is 3.07. The second kappa shape index (κ2) is 8.86. The maximum atomic E-state index is 12.8. The molecular formula is C22H27N3O2S. The molecule has 0 bridgehead atoms. The smallest absolute Gasteiger partial charge is 0.263 e. The summed E-state index contributed by atoms with van der Waals surface area (Å²) in [6.07, 6.45) is 10.3. The van der Waals surface area contributed by atoms with Crippen molar-refractivity contribution < 1.29 is 9.59 Å². The van der Waals surface area contributed by atoms with E-state index in [-0.39, 0.29) is 17.7 Å². The molecule has 148 valence electrons. The Morgan fingerprint density at radius 1 is 1.25 bits per heavy atom. The van der Waals surface area contributed by atoms with Crippen LogP contribution in [0.5, 0.6) is 0 Å². The van der Waals surface area contributed by atoms with Gasteiger partial charge < -0.3 is 10.2 Å². The summed E-state index contributed by atoms with van der Waals surface area (Å²) in [5.74, 6) is 0.315. The van der Waals surface area contributed by atoms with Gasteiger partial charge in [-0.25, -0.2) is 0 Å². The third-order valence-corrected chi connectivity index (χ3v) is 6.97. The predicted molar refractivity (Wildman–Crippen MR) is 111 cm³/mol. The van der Waals surface area contributed by atoms with Gasteiger partial charge in [-0.3, -0.25) is 14.6 Å². The molecule has 2 aromatic heterocycles. The molecule has 1 atom stereocenters. The lowest BCUT2D eigenvalue weighted by Crippen LogP contribution is -2.35. The Kier molecular flexibility index (Phi) is 6.05. The highest BCUT2D eigenvalue weighted by Gasteiger charge is 2.28. The summed E-state index contributed by atoms with van der Waals surface area (Å²) >= 11 is 1.64. The van der Waals surface area contributed by atoms with Gasteiger partial charge in [-0.05, 0) is 68.2 Å². The van der Waals surface area contributed by atoms with Gasteiger partial charge in [0.1, 0.15) is 0 Å². The zero-order chi connectivity index (χ0) is 19.3. The number of hydrogen-bond acceptors (Lipinski definition) is 4. The molecule has 6 heteroatoms. The van der Waals surface area contributed by atoms with Crippen LogP contribution in [0.1, 0.15) is 51.4 Å². The number of hydrogen-bond donors (Lipinski definition) is 1. The van der Waals surface area contributed by atoms with E-state index < -0.39 is 0 Å². The number of aromatic nitrogens is 1. The molecule has 4 rings (SSSR count). The van der Waals surface area contributed by atoms with Gasteiger partial charge in [0, 0.05) is 42.8 Å². The van der Waals surface area contributed by atoms with E-state index in [1.807, 2.05) is 29.3 Å². The fourth-order valence-electron chi connectivity index (χ4n) is 4.13. The fourth-order valence-corrected chi connectivity index (χ4v) is 5.30. The van der Waals surface area contributed by atoms with Gasteiger partial charge >= 0.3 is 0 Å². The number of carbonyl (C=O) groups excluding carboxylic acids is 2. The van der Waals surface area contributed by atoms with Crippen molar-refractivity contribution in [3.8, 4) is 0 Å². The summed E-state index contributed by atoms with van der Waals surface area (Å²) in [4.78, 5) is 33.6. The highest BCUT2D eigenvalue weighted by Crippen LogP contribution is 2.33. The summed E-state index contributed by atoms with van der Waals surface area (Å²) in [6, 6.07) is 5.99. The molecule has 1 aliphatic carbocycles. The van der Waals surface area contributed by atoms with E-state index in [2.05, 4.69) is 10.3 Å². The molecule has 1 fully saturated rings. The van der Waals surface area contributed by atoms with Crippen molar-refractivity contribution in [2.75, 3.05) is 19.6 Å². The van der Waals surface area contributed by atoms with Gasteiger partial charge in [-0.2, -0.15) is 0 Å². The van der Waals surface area contributed by atoms with Gasteiger partial charge in [0.15, 0.2) is 0 Å². The summed E-state index contributed by atoms with van der Waals surface area (Å²) < 4.78 is 0. The van der Waals surface area contributed by atoms with Crippen LogP contribution in [0.15, 0.2) is 30.6 Å². The first-order valence-electron chi connectivity index (χ1n) is 10.3. The Hall–Kier alpha value is -2.21. The van der Waals surface area contributed by atoms with Crippen molar-refractivity contribution in [2.24, 2.45) is 5.92 Å². The summed E-state index contributed by atoms with van der Waals surface area (Å²) in [5.41, 5.74) is 2.33. The SMILES string of the molecule is O=C(NCCc1cccnc1)C1CCc2sc(C(=O)N3CCCCC3)cc2C1.